The van der Waals surface area contributed by atoms with E-state index in [-0.39, 0.29) is 6.54 Å². The number of aliphatic carboxylic acids is 1. The maximum atomic E-state index is 12.1. The van der Waals surface area contributed by atoms with Gasteiger partial charge in [0.15, 0.2) is 0 Å². The van der Waals surface area contributed by atoms with Crippen molar-refractivity contribution < 1.29 is 14.7 Å². The second-order valence-electron chi connectivity index (χ2n) is 5.79. The van der Waals surface area contributed by atoms with Crippen LogP contribution in [0.25, 0.3) is 0 Å². The molecule has 0 saturated heterocycles. The van der Waals surface area contributed by atoms with Gasteiger partial charge in [0, 0.05) is 24.9 Å². The van der Waals surface area contributed by atoms with E-state index in [1.807, 2.05) is 5.38 Å². The fraction of sp³-hybridized carbons (Fsp3) is 0.643. The van der Waals surface area contributed by atoms with Crippen LogP contribution in [0.3, 0.4) is 0 Å². The molecule has 2 amide bonds. The number of hydrogen-bond donors (Lipinski definition) is 2. The molecule has 2 N–H and O–H groups in total. The molecular formula is C14H24N4O3S. The van der Waals surface area contributed by atoms with Gasteiger partial charge >= 0.3 is 12.0 Å². The first-order valence-corrected chi connectivity index (χ1v) is 7.92. The van der Waals surface area contributed by atoms with Gasteiger partial charge in [-0.1, -0.05) is 13.8 Å². The summed E-state index contributed by atoms with van der Waals surface area (Å²) >= 11 is 1.57. The van der Waals surface area contributed by atoms with Crippen molar-refractivity contribution in [1.29, 1.82) is 0 Å². The Morgan fingerprint density at radius 2 is 2.00 bits per heavy atom. The lowest BCUT2D eigenvalue weighted by molar-refractivity contribution is -0.139. The lowest BCUT2D eigenvalue weighted by atomic mass is 10.2. The molecule has 22 heavy (non-hydrogen) atoms. The molecule has 0 aromatic carbocycles. The molecule has 0 spiro atoms. The summed E-state index contributed by atoms with van der Waals surface area (Å²) in [6.07, 6.45) is 0. The van der Waals surface area contributed by atoms with E-state index in [9.17, 15) is 9.59 Å². The van der Waals surface area contributed by atoms with Crippen molar-refractivity contribution in [3.05, 3.63) is 16.1 Å². The Bertz CT molecular complexity index is 516. The number of likely N-dealkylation sites (N-methyl/N-ethyl adjacent to an activating group) is 1. The highest BCUT2D eigenvalue weighted by Crippen LogP contribution is 2.19. The molecule has 0 aliphatic carbocycles. The molecule has 1 heterocycles. The molecule has 0 aliphatic heterocycles. The van der Waals surface area contributed by atoms with Crippen LogP contribution >= 0.6 is 11.3 Å². The van der Waals surface area contributed by atoms with Crippen LogP contribution in [0.15, 0.2) is 5.38 Å². The summed E-state index contributed by atoms with van der Waals surface area (Å²) in [6, 6.07) is -1.36. The monoisotopic (exact) mass is 328 g/mol. The lowest BCUT2D eigenvalue weighted by Crippen LogP contribution is -2.50. The molecule has 1 rings (SSSR count). The van der Waals surface area contributed by atoms with Crippen LogP contribution < -0.4 is 5.32 Å². The van der Waals surface area contributed by atoms with Crippen molar-refractivity contribution in [2.45, 2.75) is 32.4 Å². The number of rotatable bonds is 7. The Labute approximate surface area is 134 Å². The summed E-state index contributed by atoms with van der Waals surface area (Å²) in [5.41, 5.74) is 0.811. The summed E-state index contributed by atoms with van der Waals surface area (Å²) in [7, 11) is 5.14. The predicted octanol–water partition coefficient (Wildman–Crippen LogP) is 1.42. The fourth-order valence-corrected chi connectivity index (χ4v) is 2.61. The van der Waals surface area contributed by atoms with Gasteiger partial charge in [0.2, 0.25) is 0 Å². The van der Waals surface area contributed by atoms with Crippen molar-refractivity contribution in [3.63, 3.8) is 0 Å². The van der Waals surface area contributed by atoms with Gasteiger partial charge in [-0.3, -0.25) is 0 Å². The summed E-state index contributed by atoms with van der Waals surface area (Å²) < 4.78 is 0. The molecule has 1 unspecified atom stereocenters. The van der Waals surface area contributed by atoms with Crippen LogP contribution in [0.5, 0.6) is 0 Å². The Balaban J connectivity index is 2.61. The van der Waals surface area contributed by atoms with Crippen molar-refractivity contribution in [3.8, 4) is 0 Å². The normalized spacial score (nSPS) is 12.5. The van der Waals surface area contributed by atoms with Crippen LogP contribution in [0, 0.1) is 0 Å². The van der Waals surface area contributed by atoms with E-state index in [2.05, 4.69) is 24.1 Å². The highest BCUT2D eigenvalue weighted by atomic mass is 32.1. The summed E-state index contributed by atoms with van der Waals surface area (Å²) in [4.78, 5) is 30.9. The maximum Gasteiger partial charge on any atom is 0.327 e. The molecule has 0 saturated carbocycles. The van der Waals surface area contributed by atoms with E-state index in [1.165, 1.54) is 4.90 Å². The third-order valence-corrected chi connectivity index (χ3v) is 4.15. The smallest absolute Gasteiger partial charge is 0.327 e. The van der Waals surface area contributed by atoms with Crippen LogP contribution in [-0.4, -0.2) is 65.6 Å². The highest BCUT2D eigenvalue weighted by molar-refractivity contribution is 7.09. The van der Waals surface area contributed by atoms with Gasteiger partial charge in [-0.2, -0.15) is 0 Å². The average molecular weight is 328 g/mol. The molecule has 7 nitrogen and oxygen atoms in total. The number of carbonyl (C=O) groups excluding carboxylic acids is 1. The van der Waals surface area contributed by atoms with Gasteiger partial charge in [-0.25, -0.2) is 14.6 Å². The van der Waals surface area contributed by atoms with Crippen molar-refractivity contribution in [2.24, 2.45) is 0 Å². The SMILES string of the molecule is CC(C)c1nc(CN(C)C(=O)NC(CN(C)C)C(=O)O)cs1. The first kappa shape index (κ1) is 18.4. The number of carboxylic acid groups (broad SMARTS) is 1. The number of hydrogen-bond acceptors (Lipinski definition) is 5. The molecule has 1 aromatic rings. The molecule has 0 aliphatic rings. The third kappa shape index (κ3) is 5.61. The minimum atomic E-state index is -1.05. The molecule has 0 fully saturated rings. The van der Waals surface area contributed by atoms with Crippen molar-refractivity contribution in [2.75, 3.05) is 27.7 Å². The van der Waals surface area contributed by atoms with E-state index in [4.69, 9.17) is 5.11 Å². The Kier molecular flexibility index (Phi) is 6.76. The number of aromatic nitrogens is 1. The Hall–Kier alpha value is -1.67. The lowest BCUT2D eigenvalue weighted by Gasteiger charge is -2.22. The van der Waals surface area contributed by atoms with E-state index >= 15 is 0 Å². The molecule has 8 heteroatoms. The first-order valence-electron chi connectivity index (χ1n) is 7.04. The van der Waals surface area contributed by atoms with Gasteiger partial charge in [0.25, 0.3) is 0 Å². The average Bonchev–Trinajstić information content (AvgIpc) is 2.85. The summed E-state index contributed by atoms with van der Waals surface area (Å²) in [5.74, 6) is -0.694. The minimum absolute atomic E-state index is 0.239. The second-order valence-corrected chi connectivity index (χ2v) is 6.68. The molecule has 1 aromatic heterocycles. The second kappa shape index (κ2) is 8.09. The maximum absolute atomic E-state index is 12.1. The number of nitrogens with one attached hydrogen (secondary N) is 1. The van der Waals surface area contributed by atoms with Crippen molar-refractivity contribution >= 4 is 23.3 Å². The largest absolute Gasteiger partial charge is 0.480 e. The van der Waals surface area contributed by atoms with Gasteiger partial charge < -0.3 is 20.2 Å². The number of thiazole rings is 1. The highest BCUT2D eigenvalue weighted by Gasteiger charge is 2.22. The zero-order valence-corrected chi connectivity index (χ0v) is 14.5. The zero-order valence-electron chi connectivity index (χ0n) is 13.7. The summed E-state index contributed by atoms with van der Waals surface area (Å²) in [6.45, 7) is 4.72. The fourth-order valence-electron chi connectivity index (χ4n) is 1.79. The standard InChI is InChI=1S/C14H24N4O3S/c1-9(2)12-15-10(8-22-12)6-18(5)14(21)16-11(13(19)20)7-17(3)4/h8-9,11H,6-7H2,1-5H3,(H,16,21)(H,19,20). The van der Waals surface area contributed by atoms with Crippen LogP contribution in [0.4, 0.5) is 4.79 Å². The Morgan fingerprint density at radius 1 is 1.36 bits per heavy atom. The van der Waals surface area contributed by atoms with E-state index < -0.39 is 18.0 Å². The van der Waals surface area contributed by atoms with Crippen molar-refractivity contribution in [1.82, 2.24) is 20.1 Å². The number of carbonyl (C=O) groups is 2. The van der Waals surface area contributed by atoms with Crippen LogP contribution in [0.1, 0.15) is 30.5 Å². The Morgan fingerprint density at radius 3 is 2.45 bits per heavy atom. The number of carboxylic acids is 1. The van der Waals surface area contributed by atoms with E-state index in [0.717, 1.165) is 10.7 Å². The predicted molar refractivity (Wildman–Crippen MR) is 86.2 cm³/mol. The number of nitrogens with zero attached hydrogens (tertiary/aromatic N) is 3. The third-order valence-electron chi connectivity index (χ3n) is 2.95. The minimum Gasteiger partial charge on any atom is -0.480 e. The van der Waals surface area contributed by atoms with E-state index in [1.54, 1.807) is 37.4 Å². The molecular weight excluding hydrogens is 304 g/mol. The quantitative estimate of drug-likeness (QED) is 0.791. The number of urea groups is 1. The van der Waals surface area contributed by atoms with E-state index in [0.29, 0.717) is 12.5 Å². The van der Waals surface area contributed by atoms with Gasteiger partial charge in [0.1, 0.15) is 6.04 Å². The summed E-state index contributed by atoms with van der Waals surface area (Å²) in [5, 5.41) is 14.6. The molecule has 0 radical (unpaired) electrons. The van der Waals surface area contributed by atoms with Crippen LogP contribution in [-0.2, 0) is 11.3 Å². The topological polar surface area (TPSA) is 85.8 Å². The molecule has 1 atom stereocenters. The number of amides is 2. The van der Waals surface area contributed by atoms with Crippen LogP contribution in [0.2, 0.25) is 0 Å². The van der Waals surface area contributed by atoms with Gasteiger partial charge in [-0.15, -0.1) is 11.3 Å². The first-order chi connectivity index (χ1) is 10.2. The zero-order chi connectivity index (χ0) is 16.9. The molecule has 124 valence electrons. The van der Waals surface area contributed by atoms with Gasteiger partial charge in [0.05, 0.1) is 17.2 Å². The van der Waals surface area contributed by atoms with Gasteiger partial charge in [-0.05, 0) is 14.1 Å². The molecule has 0 bridgehead atoms.